The van der Waals surface area contributed by atoms with Crippen LogP contribution in [0.1, 0.15) is 32.6 Å². The monoisotopic (exact) mass is 586 g/mol. The summed E-state index contributed by atoms with van der Waals surface area (Å²) in [6.07, 6.45) is 3.27. The van der Waals surface area contributed by atoms with Gasteiger partial charge in [0.05, 0.1) is 19.8 Å². The van der Waals surface area contributed by atoms with E-state index in [9.17, 15) is 4.79 Å². The second kappa shape index (κ2) is 15.1. The number of carbonyl (C=O) groups excluding carboxylic acids is 1. The predicted molar refractivity (Wildman–Crippen MR) is 172 cm³/mol. The number of ether oxygens (including phenoxy) is 5. The van der Waals surface area contributed by atoms with Crippen molar-refractivity contribution in [1.82, 2.24) is 0 Å². The van der Waals surface area contributed by atoms with E-state index >= 15 is 0 Å². The lowest BCUT2D eigenvalue weighted by molar-refractivity contribution is 0.104. The van der Waals surface area contributed by atoms with Gasteiger partial charge in [-0.15, -0.1) is 0 Å². The van der Waals surface area contributed by atoms with Gasteiger partial charge in [-0.1, -0.05) is 72.8 Å². The molecule has 5 aromatic rings. The maximum Gasteiger partial charge on any atom is 0.189 e. The van der Waals surface area contributed by atoms with Gasteiger partial charge in [-0.2, -0.15) is 0 Å². The topological polar surface area (TPSA) is 63.2 Å². The van der Waals surface area contributed by atoms with E-state index in [0.29, 0.717) is 48.4 Å². The van der Waals surface area contributed by atoms with Crippen molar-refractivity contribution >= 4 is 11.9 Å². The van der Waals surface area contributed by atoms with Crippen molar-refractivity contribution in [2.75, 3.05) is 14.2 Å². The quantitative estimate of drug-likeness (QED) is 0.0963. The molecule has 0 saturated carbocycles. The molecule has 44 heavy (non-hydrogen) atoms. The number of methoxy groups -OCH3 is 2. The Hall–Kier alpha value is -5.49. The number of carbonyl (C=O) groups is 1. The third-order valence-electron chi connectivity index (χ3n) is 6.89. The van der Waals surface area contributed by atoms with Crippen molar-refractivity contribution in [2.45, 2.75) is 19.8 Å². The van der Waals surface area contributed by atoms with E-state index in [1.165, 1.54) is 6.08 Å². The molecule has 0 aliphatic rings. The summed E-state index contributed by atoms with van der Waals surface area (Å²) in [6.45, 7) is 1.06. The van der Waals surface area contributed by atoms with E-state index in [1.54, 1.807) is 44.6 Å². The summed E-state index contributed by atoms with van der Waals surface area (Å²) in [4.78, 5) is 13.5. The average Bonchev–Trinajstić information content (AvgIpc) is 3.09. The highest BCUT2D eigenvalue weighted by atomic mass is 16.5. The molecule has 0 spiro atoms. The zero-order chi connectivity index (χ0) is 30.6. The molecule has 0 heterocycles. The Morgan fingerprint density at radius 2 is 1.07 bits per heavy atom. The number of ketones is 1. The van der Waals surface area contributed by atoms with Gasteiger partial charge in [-0.25, -0.2) is 0 Å². The van der Waals surface area contributed by atoms with Gasteiger partial charge in [0, 0.05) is 17.7 Å². The highest BCUT2D eigenvalue weighted by molar-refractivity contribution is 6.08. The second-order valence-electron chi connectivity index (χ2n) is 9.94. The van der Waals surface area contributed by atoms with E-state index in [-0.39, 0.29) is 5.78 Å². The highest BCUT2D eigenvalue weighted by Gasteiger charge is 2.14. The van der Waals surface area contributed by atoms with Crippen LogP contribution in [0.25, 0.3) is 6.08 Å². The Balaban J connectivity index is 1.35. The van der Waals surface area contributed by atoms with Crippen LogP contribution in [-0.4, -0.2) is 20.0 Å². The maximum atomic E-state index is 13.5. The molecule has 0 fully saturated rings. The summed E-state index contributed by atoms with van der Waals surface area (Å²) in [5.41, 5.74) is 4.19. The molecule has 5 rings (SSSR count). The van der Waals surface area contributed by atoms with E-state index in [4.69, 9.17) is 23.7 Å². The van der Waals surface area contributed by atoms with Crippen LogP contribution in [0.5, 0.6) is 28.7 Å². The molecular weight excluding hydrogens is 552 g/mol. The fourth-order valence-electron chi connectivity index (χ4n) is 4.43. The van der Waals surface area contributed by atoms with Crippen LogP contribution < -0.4 is 23.7 Å². The first-order valence-corrected chi connectivity index (χ1v) is 14.2. The van der Waals surface area contributed by atoms with Crippen molar-refractivity contribution in [1.29, 1.82) is 0 Å². The van der Waals surface area contributed by atoms with Crippen molar-refractivity contribution in [2.24, 2.45) is 0 Å². The number of rotatable bonds is 14. The van der Waals surface area contributed by atoms with Gasteiger partial charge in [0.25, 0.3) is 0 Å². The fourth-order valence-corrected chi connectivity index (χ4v) is 4.43. The molecule has 6 heteroatoms. The first-order chi connectivity index (χ1) is 21.6. The predicted octanol–water partition coefficient (Wildman–Crippen LogP) is 8.34. The molecule has 222 valence electrons. The number of hydrogen-bond donors (Lipinski definition) is 0. The molecule has 0 aromatic heterocycles. The lowest BCUT2D eigenvalue weighted by Gasteiger charge is -2.13. The summed E-state index contributed by atoms with van der Waals surface area (Å²) in [7, 11) is 3.24. The van der Waals surface area contributed by atoms with Crippen molar-refractivity contribution in [3.05, 3.63) is 155 Å². The minimum absolute atomic E-state index is 0.209. The Labute approximate surface area is 258 Å². The largest absolute Gasteiger partial charge is 0.497 e. The van der Waals surface area contributed by atoms with Gasteiger partial charge >= 0.3 is 0 Å². The minimum atomic E-state index is -0.209. The zero-order valence-corrected chi connectivity index (χ0v) is 24.8. The summed E-state index contributed by atoms with van der Waals surface area (Å²) in [5, 5.41) is 0. The standard InChI is InChI=1S/C38H34O6/c1-40-32-17-13-30(14-18-32)27-43-37-23-33(41-2)19-15-31(37)16-22-36(39)35-21-20-34(42-25-28-9-5-3-6-10-28)24-38(35)44-26-29-11-7-4-8-12-29/h3-24H,25-27H2,1-2H3. The number of hydrogen-bond acceptors (Lipinski definition) is 6. The van der Waals surface area contributed by atoms with Crippen LogP contribution in [0.4, 0.5) is 0 Å². The molecule has 0 amide bonds. The Bertz CT molecular complexity index is 1680. The Kier molecular flexibility index (Phi) is 10.3. The van der Waals surface area contributed by atoms with Crippen LogP contribution in [0, 0.1) is 0 Å². The van der Waals surface area contributed by atoms with Crippen LogP contribution >= 0.6 is 0 Å². The van der Waals surface area contributed by atoms with Gasteiger partial charge in [-0.05, 0) is 65.2 Å². The number of benzene rings is 5. The van der Waals surface area contributed by atoms with Crippen LogP contribution in [0.3, 0.4) is 0 Å². The van der Waals surface area contributed by atoms with Gasteiger partial charge in [0.2, 0.25) is 0 Å². The van der Waals surface area contributed by atoms with Gasteiger partial charge in [-0.3, -0.25) is 4.79 Å². The van der Waals surface area contributed by atoms with Crippen molar-refractivity contribution in [3.8, 4) is 28.7 Å². The molecule has 5 aromatic carbocycles. The normalized spacial score (nSPS) is 10.8. The molecule has 0 aliphatic carbocycles. The van der Waals surface area contributed by atoms with E-state index in [0.717, 1.165) is 28.0 Å². The highest BCUT2D eigenvalue weighted by Crippen LogP contribution is 2.30. The lowest BCUT2D eigenvalue weighted by Crippen LogP contribution is -2.04. The summed E-state index contributed by atoms with van der Waals surface area (Å²) in [6, 6.07) is 38.2. The average molecular weight is 587 g/mol. The molecule has 0 atom stereocenters. The van der Waals surface area contributed by atoms with Crippen molar-refractivity contribution in [3.63, 3.8) is 0 Å². The smallest absolute Gasteiger partial charge is 0.189 e. The molecule has 0 radical (unpaired) electrons. The third-order valence-corrected chi connectivity index (χ3v) is 6.89. The van der Waals surface area contributed by atoms with E-state index in [2.05, 4.69) is 0 Å². The SMILES string of the molecule is COc1ccc(COc2cc(OC)ccc2C=CC(=O)c2ccc(OCc3ccccc3)cc2OCc2ccccc2)cc1. The van der Waals surface area contributed by atoms with Gasteiger partial charge in [0.1, 0.15) is 48.6 Å². The maximum absolute atomic E-state index is 13.5. The van der Waals surface area contributed by atoms with Gasteiger partial charge < -0.3 is 23.7 Å². The summed E-state index contributed by atoms with van der Waals surface area (Å²) in [5.74, 6) is 2.87. The molecule has 0 aliphatic heterocycles. The van der Waals surface area contributed by atoms with Crippen LogP contribution in [0.15, 0.2) is 127 Å². The lowest BCUT2D eigenvalue weighted by atomic mass is 10.1. The summed E-state index contributed by atoms with van der Waals surface area (Å²) >= 11 is 0. The third kappa shape index (κ3) is 8.29. The molecule has 0 bridgehead atoms. The van der Waals surface area contributed by atoms with Crippen LogP contribution in [-0.2, 0) is 19.8 Å². The Morgan fingerprint density at radius 1 is 0.545 bits per heavy atom. The Morgan fingerprint density at radius 3 is 1.70 bits per heavy atom. The van der Waals surface area contributed by atoms with Crippen molar-refractivity contribution < 1.29 is 28.5 Å². The fraction of sp³-hybridized carbons (Fsp3) is 0.132. The molecule has 0 unspecified atom stereocenters. The van der Waals surface area contributed by atoms with E-state index in [1.807, 2.05) is 97.1 Å². The molecule has 6 nitrogen and oxygen atoms in total. The van der Waals surface area contributed by atoms with Gasteiger partial charge in [0.15, 0.2) is 5.78 Å². The zero-order valence-electron chi connectivity index (χ0n) is 24.8. The number of allylic oxidation sites excluding steroid dienone is 1. The first kappa shape index (κ1) is 30.0. The summed E-state index contributed by atoms with van der Waals surface area (Å²) < 4.78 is 29.0. The second-order valence-corrected chi connectivity index (χ2v) is 9.94. The molecule has 0 N–H and O–H groups in total. The minimum Gasteiger partial charge on any atom is -0.497 e. The molecular formula is C38H34O6. The molecule has 0 saturated heterocycles. The first-order valence-electron chi connectivity index (χ1n) is 14.2. The van der Waals surface area contributed by atoms with Crippen LogP contribution in [0.2, 0.25) is 0 Å². The van der Waals surface area contributed by atoms with E-state index < -0.39 is 0 Å².